The van der Waals surface area contributed by atoms with E-state index in [0.29, 0.717) is 5.92 Å². The van der Waals surface area contributed by atoms with Gasteiger partial charge in [-0.1, -0.05) is 17.7 Å². The molecule has 0 fully saturated rings. The lowest BCUT2D eigenvalue weighted by molar-refractivity contribution is 0.514. The van der Waals surface area contributed by atoms with Gasteiger partial charge in [0.25, 0.3) is 0 Å². The van der Waals surface area contributed by atoms with Gasteiger partial charge >= 0.3 is 0 Å². The van der Waals surface area contributed by atoms with Crippen molar-refractivity contribution in [1.29, 1.82) is 0 Å². The van der Waals surface area contributed by atoms with Crippen molar-refractivity contribution < 1.29 is 0 Å². The van der Waals surface area contributed by atoms with Crippen molar-refractivity contribution in [2.45, 2.75) is 13.3 Å². The number of hydrogen-bond acceptors (Lipinski definition) is 2. The first-order valence-corrected chi connectivity index (χ1v) is 5.21. The second kappa shape index (κ2) is 3.62. The molecule has 1 aliphatic rings. The molecule has 76 valence electrons. The predicted octanol–water partition coefficient (Wildman–Crippen LogP) is 1.56. The molecule has 1 heterocycles. The predicted molar refractivity (Wildman–Crippen MR) is 60.7 cm³/mol. The van der Waals surface area contributed by atoms with Crippen molar-refractivity contribution in [3.63, 3.8) is 0 Å². The van der Waals surface area contributed by atoms with E-state index in [2.05, 4.69) is 37.1 Å². The van der Waals surface area contributed by atoms with Crippen LogP contribution in [0.2, 0.25) is 0 Å². The molecule has 2 nitrogen and oxygen atoms in total. The normalized spacial score (nSPS) is 20.8. The van der Waals surface area contributed by atoms with Crippen LogP contribution in [0.1, 0.15) is 11.1 Å². The number of benzene rings is 1. The second-order valence-electron chi connectivity index (χ2n) is 4.32. The van der Waals surface area contributed by atoms with Gasteiger partial charge in [-0.15, -0.1) is 0 Å². The van der Waals surface area contributed by atoms with E-state index in [9.17, 15) is 0 Å². The molecule has 1 atom stereocenters. The molecule has 1 aromatic carbocycles. The molecular formula is C12H18N2. The molecule has 0 spiro atoms. The van der Waals surface area contributed by atoms with Crippen molar-refractivity contribution in [2.24, 2.45) is 11.7 Å². The quantitative estimate of drug-likeness (QED) is 0.728. The van der Waals surface area contributed by atoms with E-state index in [1.807, 2.05) is 0 Å². The fourth-order valence-corrected chi connectivity index (χ4v) is 2.27. The fraction of sp³-hybridized carbons (Fsp3) is 0.500. The first-order valence-electron chi connectivity index (χ1n) is 5.21. The molecule has 0 saturated heterocycles. The number of fused-ring (bicyclic) bond motifs is 1. The summed E-state index contributed by atoms with van der Waals surface area (Å²) >= 11 is 0. The molecule has 2 N–H and O–H groups in total. The Bertz CT molecular complexity index is 333. The Kier molecular flexibility index (Phi) is 2.46. The Morgan fingerprint density at radius 2 is 2.29 bits per heavy atom. The third kappa shape index (κ3) is 1.62. The van der Waals surface area contributed by atoms with Crippen molar-refractivity contribution in [3.05, 3.63) is 29.3 Å². The molecule has 0 saturated carbocycles. The summed E-state index contributed by atoms with van der Waals surface area (Å²) < 4.78 is 0. The van der Waals surface area contributed by atoms with Gasteiger partial charge in [-0.3, -0.25) is 0 Å². The van der Waals surface area contributed by atoms with E-state index in [-0.39, 0.29) is 0 Å². The van der Waals surface area contributed by atoms with Crippen molar-refractivity contribution in [2.75, 3.05) is 25.0 Å². The van der Waals surface area contributed by atoms with Crippen molar-refractivity contribution in [3.8, 4) is 0 Å². The average Bonchev–Trinajstić information content (AvgIpc) is 2.16. The summed E-state index contributed by atoms with van der Waals surface area (Å²) in [4.78, 5) is 2.32. The van der Waals surface area contributed by atoms with Crippen LogP contribution >= 0.6 is 0 Å². The lowest BCUT2D eigenvalue weighted by Crippen LogP contribution is -2.36. The zero-order valence-electron chi connectivity index (χ0n) is 8.96. The van der Waals surface area contributed by atoms with E-state index in [0.717, 1.165) is 19.5 Å². The first-order chi connectivity index (χ1) is 6.70. The van der Waals surface area contributed by atoms with Gasteiger partial charge in [0.2, 0.25) is 0 Å². The highest BCUT2D eigenvalue weighted by Crippen LogP contribution is 2.28. The van der Waals surface area contributed by atoms with Crippen LogP contribution in [0.5, 0.6) is 0 Å². The zero-order valence-corrected chi connectivity index (χ0v) is 8.96. The molecule has 0 amide bonds. The highest BCUT2D eigenvalue weighted by atomic mass is 15.1. The average molecular weight is 190 g/mol. The van der Waals surface area contributed by atoms with Crippen LogP contribution < -0.4 is 10.6 Å². The highest BCUT2D eigenvalue weighted by Gasteiger charge is 2.20. The third-order valence-electron chi connectivity index (χ3n) is 3.02. The number of nitrogens with zero attached hydrogens (tertiary/aromatic N) is 1. The summed E-state index contributed by atoms with van der Waals surface area (Å²) in [5.41, 5.74) is 9.90. The summed E-state index contributed by atoms with van der Waals surface area (Å²) in [5, 5.41) is 0. The summed E-state index contributed by atoms with van der Waals surface area (Å²) in [6.45, 7) is 4.02. The minimum absolute atomic E-state index is 0.620. The smallest absolute Gasteiger partial charge is 0.0396 e. The van der Waals surface area contributed by atoms with Gasteiger partial charge in [0.15, 0.2) is 0 Å². The largest absolute Gasteiger partial charge is 0.374 e. The van der Waals surface area contributed by atoms with Crippen LogP contribution in [0.4, 0.5) is 5.69 Å². The van der Waals surface area contributed by atoms with Crippen molar-refractivity contribution >= 4 is 5.69 Å². The zero-order chi connectivity index (χ0) is 10.1. The summed E-state index contributed by atoms with van der Waals surface area (Å²) in [5.74, 6) is 0.620. The van der Waals surface area contributed by atoms with Crippen LogP contribution in [0.15, 0.2) is 18.2 Å². The van der Waals surface area contributed by atoms with Gasteiger partial charge < -0.3 is 10.6 Å². The van der Waals surface area contributed by atoms with Gasteiger partial charge in [0, 0.05) is 19.3 Å². The molecule has 0 radical (unpaired) electrons. The molecule has 1 aromatic rings. The number of nitrogens with two attached hydrogens (primary N) is 1. The first kappa shape index (κ1) is 9.53. The lowest BCUT2D eigenvalue weighted by Gasteiger charge is -2.33. The molecule has 1 unspecified atom stereocenters. The summed E-state index contributed by atoms with van der Waals surface area (Å²) in [7, 11) is 2.15. The molecular weight excluding hydrogens is 172 g/mol. The van der Waals surface area contributed by atoms with E-state index < -0.39 is 0 Å². The Morgan fingerprint density at radius 3 is 3.00 bits per heavy atom. The Morgan fingerprint density at radius 1 is 1.50 bits per heavy atom. The minimum Gasteiger partial charge on any atom is -0.374 e. The number of rotatable bonds is 1. The summed E-state index contributed by atoms with van der Waals surface area (Å²) in [6.07, 6.45) is 1.14. The molecule has 14 heavy (non-hydrogen) atoms. The minimum atomic E-state index is 0.620. The van der Waals surface area contributed by atoms with E-state index in [1.54, 1.807) is 0 Å². The maximum Gasteiger partial charge on any atom is 0.0396 e. The van der Waals surface area contributed by atoms with Gasteiger partial charge in [-0.05, 0) is 37.4 Å². The van der Waals surface area contributed by atoms with Crippen LogP contribution in [0.3, 0.4) is 0 Å². The maximum atomic E-state index is 5.73. The molecule has 2 heteroatoms. The Balaban J connectivity index is 2.35. The standard InChI is InChI=1S/C12H18N2/c1-9-3-4-12-11(5-9)6-10(7-13)8-14(12)2/h3-5,10H,6-8,13H2,1-2H3. The lowest BCUT2D eigenvalue weighted by atomic mass is 9.92. The van der Waals surface area contributed by atoms with Gasteiger partial charge in [0.05, 0.1) is 0 Å². The van der Waals surface area contributed by atoms with Gasteiger partial charge in [-0.25, -0.2) is 0 Å². The van der Waals surface area contributed by atoms with E-state index >= 15 is 0 Å². The fourth-order valence-electron chi connectivity index (χ4n) is 2.27. The Hall–Kier alpha value is -1.02. The number of hydrogen-bond donors (Lipinski definition) is 1. The van der Waals surface area contributed by atoms with Gasteiger partial charge in [0.1, 0.15) is 0 Å². The van der Waals surface area contributed by atoms with Crippen LogP contribution in [0.25, 0.3) is 0 Å². The second-order valence-corrected chi connectivity index (χ2v) is 4.32. The number of aryl methyl sites for hydroxylation is 1. The van der Waals surface area contributed by atoms with E-state index in [4.69, 9.17) is 5.73 Å². The maximum absolute atomic E-state index is 5.73. The number of anilines is 1. The molecule has 0 bridgehead atoms. The third-order valence-corrected chi connectivity index (χ3v) is 3.02. The molecule has 0 aliphatic carbocycles. The summed E-state index contributed by atoms with van der Waals surface area (Å²) in [6, 6.07) is 6.68. The SMILES string of the molecule is Cc1ccc2c(c1)CC(CN)CN2C. The van der Waals surface area contributed by atoms with Crippen LogP contribution in [-0.4, -0.2) is 20.1 Å². The van der Waals surface area contributed by atoms with E-state index in [1.165, 1.54) is 16.8 Å². The molecule has 1 aliphatic heterocycles. The highest BCUT2D eigenvalue weighted by molar-refractivity contribution is 5.56. The van der Waals surface area contributed by atoms with Gasteiger partial charge in [-0.2, -0.15) is 0 Å². The molecule has 0 aromatic heterocycles. The van der Waals surface area contributed by atoms with Crippen LogP contribution in [0, 0.1) is 12.8 Å². The monoisotopic (exact) mass is 190 g/mol. The molecule has 2 rings (SSSR count). The Labute approximate surface area is 85.7 Å². The topological polar surface area (TPSA) is 29.3 Å². The van der Waals surface area contributed by atoms with Crippen LogP contribution in [-0.2, 0) is 6.42 Å². The van der Waals surface area contributed by atoms with Crippen molar-refractivity contribution in [1.82, 2.24) is 0 Å².